The fourth-order valence-corrected chi connectivity index (χ4v) is 2.75. The third-order valence-corrected chi connectivity index (χ3v) is 3.99. The molecule has 0 aromatic carbocycles. The lowest BCUT2D eigenvalue weighted by Gasteiger charge is -2.33. The molecule has 0 spiro atoms. The van der Waals surface area contributed by atoms with E-state index in [4.69, 9.17) is 0 Å². The Labute approximate surface area is 108 Å². The van der Waals surface area contributed by atoms with Crippen LogP contribution in [0.5, 0.6) is 0 Å². The zero-order chi connectivity index (χ0) is 13.0. The molecule has 2 saturated heterocycles. The predicted octanol–water partition coefficient (Wildman–Crippen LogP) is 0.113. The molecular weight excluding hydrogens is 230 g/mol. The molecule has 0 aliphatic carbocycles. The predicted molar refractivity (Wildman–Crippen MR) is 69.0 cm³/mol. The number of rotatable bonds is 4. The highest BCUT2D eigenvalue weighted by Crippen LogP contribution is 2.15. The van der Waals surface area contributed by atoms with E-state index in [1.165, 1.54) is 19.3 Å². The van der Waals surface area contributed by atoms with Gasteiger partial charge >= 0.3 is 0 Å². The van der Waals surface area contributed by atoms with Crippen LogP contribution in [0.4, 0.5) is 0 Å². The summed E-state index contributed by atoms with van der Waals surface area (Å²) in [5.74, 6) is -0.172. The van der Waals surface area contributed by atoms with Crippen LogP contribution in [-0.2, 0) is 9.59 Å². The van der Waals surface area contributed by atoms with Gasteiger partial charge in [0.25, 0.3) is 0 Å². The van der Waals surface area contributed by atoms with Crippen LogP contribution in [0.2, 0.25) is 0 Å². The molecule has 2 N–H and O–H groups in total. The van der Waals surface area contributed by atoms with Gasteiger partial charge in [-0.25, -0.2) is 0 Å². The van der Waals surface area contributed by atoms with Gasteiger partial charge in [0.05, 0.1) is 5.92 Å². The first-order chi connectivity index (χ1) is 8.66. The van der Waals surface area contributed by atoms with Crippen molar-refractivity contribution in [1.29, 1.82) is 0 Å². The number of nitrogens with zero attached hydrogens (tertiary/aromatic N) is 1. The van der Waals surface area contributed by atoms with Crippen molar-refractivity contribution in [3.63, 3.8) is 0 Å². The van der Waals surface area contributed by atoms with E-state index in [0.29, 0.717) is 25.6 Å². The lowest BCUT2D eigenvalue weighted by atomic mass is 10.0. The van der Waals surface area contributed by atoms with Crippen LogP contribution >= 0.6 is 0 Å². The van der Waals surface area contributed by atoms with Crippen LogP contribution in [0.15, 0.2) is 0 Å². The van der Waals surface area contributed by atoms with Crippen molar-refractivity contribution in [2.24, 2.45) is 5.92 Å². The summed E-state index contributed by atoms with van der Waals surface area (Å²) in [6.45, 7) is 5.49. The van der Waals surface area contributed by atoms with E-state index in [2.05, 4.69) is 22.5 Å². The molecule has 0 bridgehead atoms. The molecule has 2 amide bonds. The first-order valence-corrected chi connectivity index (χ1v) is 6.95. The van der Waals surface area contributed by atoms with Crippen LogP contribution in [0, 0.1) is 5.92 Å². The van der Waals surface area contributed by atoms with Crippen LogP contribution in [-0.4, -0.2) is 48.9 Å². The first-order valence-electron chi connectivity index (χ1n) is 6.95. The Balaban J connectivity index is 1.65. The molecule has 0 saturated carbocycles. The largest absolute Gasteiger partial charge is 0.355 e. The highest BCUT2D eigenvalue weighted by atomic mass is 16.2. The van der Waals surface area contributed by atoms with E-state index in [9.17, 15) is 9.59 Å². The summed E-state index contributed by atoms with van der Waals surface area (Å²) in [6.07, 6.45) is 4.18. The highest BCUT2D eigenvalue weighted by Gasteiger charge is 2.27. The van der Waals surface area contributed by atoms with Crippen LogP contribution in [0.25, 0.3) is 0 Å². The summed E-state index contributed by atoms with van der Waals surface area (Å²) >= 11 is 0. The number of piperidine rings is 1. The molecule has 2 aliphatic heterocycles. The highest BCUT2D eigenvalue weighted by molar-refractivity contribution is 5.89. The average molecular weight is 253 g/mol. The van der Waals surface area contributed by atoms with Gasteiger partial charge in [0, 0.05) is 32.1 Å². The van der Waals surface area contributed by atoms with E-state index < -0.39 is 0 Å². The van der Waals surface area contributed by atoms with Crippen molar-refractivity contribution >= 4 is 11.8 Å². The van der Waals surface area contributed by atoms with Gasteiger partial charge in [0.2, 0.25) is 11.8 Å². The number of carbonyl (C=O) groups is 2. The Bertz CT molecular complexity index is 319. The lowest BCUT2D eigenvalue weighted by Crippen LogP contribution is -2.43. The van der Waals surface area contributed by atoms with Crippen LogP contribution in [0.1, 0.15) is 32.6 Å². The second kappa shape index (κ2) is 6.18. The van der Waals surface area contributed by atoms with E-state index in [1.807, 2.05) is 0 Å². The number of nitrogens with one attached hydrogen (secondary N) is 2. The van der Waals surface area contributed by atoms with Gasteiger partial charge in [-0.1, -0.05) is 6.42 Å². The SMILES string of the molecule is CC1CCCCN1CCNC(=O)C1CNC(=O)C1. The number of amides is 2. The van der Waals surface area contributed by atoms with Crippen molar-refractivity contribution in [2.45, 2.75) is 38.6 Å². The summed E-state index contributed by atoms with van der Waals surface area (Å²) in [5, 5.41) is 5.63. The summed E-state index contributed by atoms with van der Waals surface area (Å²) < 4.78 is 0. The molecule has 5 heteroatoms. The number of hydrogen-bond acceptors (Lipinski definition) is 3. The number of likely N-dealkylation sites (tertiary alicyclic amines) is 1. The van der Waals surface area contributed by atoms with Crippen molar-refractivity contribution in [1.82, 2.24) is 15.5 Å². The summed E-state index contributed by atoms with van der Waals surface area (Å²) in [6, 6.07) is 0.630. The maximum Gasteiger partial charge on any atom is 0.225 e. The normalized spacial score (nSPS) is 29.1. The topological polar surface area (TPSA) is 61.4 Å². The van der Waals surface area contributed by atoms with E-state index >= 15 is 0 Å². The Kier molecular flexibility index (Phi) is 4.58. The Hall–Kier alpha value is -1.10. The average Bonchev–Trinajstić information content (AvgIpc) is 2.78. The molecule has 102 valence electrons. The summed E-state index contributed by atoms with van der Waals surface area (Å²) in [5.41, 5.74) is 0. The third kappa shape index (κ3) is 3.45. The minimum atomic E-state index is -0.170. The minimum absolute atomic E-state index is 0.0120. The van der Waals surface area contributed by atoms with Crippen molar-refractivity contribution < 1.29 is 9.59 Å². The Morgan fingerprint density at radius 3 is 3.00 bits per heavy atom. The van der Waals surface area contributed by atoms with Crippen LogP contribution < -0.4 is 10.6 Å². The van der Waals surface area contributed by atoms with Crippen molar-refractivity contribution in [2.75, 3.05) is 26.2 Å². The fourth-order valence-electron chi connectivity index (χ4n) is 2.75. The summed E-state index contributed by atoms with van der Waals surface area (Å²) in [4.78, 5) is 25.2. The van der Waals surface area contributed by atoms with Gasteiger partial charge in [0.1, 0.15) is 0 Å². The molecule has 2 rings (SSSR count). The molecule has 0 radical (unpaired) electrons. The minimum Gasteiger partial charge on any atom is -0.355 e. The molecule has 2 aliphatic rings. The molecular formula is C13H23N3O2. The van der Waals surface area contributed by atoms with E-state index in [0.717, 1.165) is 13.1 Å². The van der Waals surface area contributed by atoms with Gasteiger partial charge in [-0.15, -0.1) is 0 Å². The zero-order valence-electron chi connectivity index (χ0n) is 11.1. The quantitative estimate of drug-likeness (QED) is 0.748. The molecule has 2 unspecified atom stereocenters. The smallest absolute Gasteiger partial charge is 0.225 e. The third-order valence-electron chi connectivity index (χ3n) is 3.99. The second-order valence-corrected chi connectivity index (χ2v) is 5.38. The standard InChI is InChI=1S/C13H23N3O2/c1-10-4-2-3-6-16(10)7-5-14-13(18)11-8-12(17)15-9-11/h10-11H,2-9H2,1H3,(H,14,18)(H,15,17). The number of hydrogen-bond donors (Lipinski definition) is 2. The van der Waals surface area contributed by atoms with Gasteiger partial charge in [-0.2, -0.15) is 0 Å². The van der Waals surface area contributed by atoms with Gasteiger partial charge in [0.15, 0.2) is 0 Å². The molecule has 2 heterocycles. The molecule has 0 aromatic heterocycles. The lowest BCUT2D eigenvalue weighted by molar-refractivity contribution is -0.126. The Morgan fingerprint density at radius 1 is 1.50 bits per heavy atom. The molecule has 2 atom stereocenters. The van der Waals surface area contributed by atoms with E-state index in [1.54, 1.807) is 0 Å². The monoisotopic (exact) mass is 253 g/mol. The Morgan fingerprint density at radius 2 is 2.33 bits per heavy atom. The fraction of sp³-hybridized carbons (Fsp3) is 0.846. The summed E-state index contributed by atoms with van der Waals surface area (Å²) in [7, 11) is 0. The van der Waals surface area contributed by atoms with Crippen molar-refractivity contribution in [3.05, 3.63) is 0 Å². The molecule has 2 fully saturated rings. The maximum absolute atomic E-state index is 11.8. The molecule has 5 nitrogen and oxygen atoms in total. The molecule has 0 aromatic rings. The first kappa shape index (κ1) is 13.3. The van der Waals surface area contributed by atoms with Crippen molar-refractivity contribution in [3.8, 4) is 0 Å². The molecule has 18 heavy (non-hydrogen) atoms. The zero-order valence-corrected chi connectivity index (χ0v) is 11.1. The number of carbonyl (C=O) groups excluding carboxylic acids is 2. The second-order valence-electron chi connectivity index (χ2n) is 5.38. The maximum atomic E-state index is 11.8. The van der Waals surface area contributed by atoms with Gasteiger partial charge in [-0.05, 0) is 26.3 Å². The van der Waals surface area contributed by atoms with Gasteiger partial charge < -0.3 is 10.6 Å². The van der Waals surface area contributed by atoms with Crippen LogP contribution in [0.3, 0.4) is 0 Å². The van der Waals surface area contributed by atoms with E-state index in [-0.39, 0.29) is 17.7 Å². The van der Waals surface area contributed by atoms with Gasteiger partial charge in [-0.3, -0.25) is 14.5 Å².